The van der Waals surface area contributed by atoms with Crippen molar-refractivity contribution in [3.63, 3.8) is 0 Å². The molecule has 0 fully saturated rings. The molecular formula is C30H62N2O. The normalized spacial score (nSPS) is 12.0. The predicted molar refractivity (Wildman–Crippen MR) is 154 cm³/mol. The van der Waals surface area contributed by atoms with E-state index in [1.165, 1.54) is 5.56 Å². The van der Waals surface area contributed by atoms with E-state index in [-0.39, 0.29) is 20.5 Å². The Balaban J connectivity index is -0.000000104. The lowest BCUT2D eigenvalue weighted by Crippen LogP contribution is -2.24. The van der Waals surface area contributed by atoms with Crippen LogP contribution < -0.4 is 4.74 Å². The topological polar surface area (TPSA) is 27.1 Å². The average Bonchev–Trinajstić information content (AvgIpc) is 3.20. The standard InChI is InChI=1S/C10H12O.2C5H12.C4H6N2.2C2H6.2CH4/c1-10(2)7-8-5-3-4-6-9(8)11-10;2*1-5(2,3)4;1-6-4-2-3-5-6;2*1-2;;/h3-6H,7H2,1-2H3;2*1-4H3;2-4H,1H3;2*1-2H3;2*1H4. The summed E-state index contributed by atoms with van der Waals surface area (Å²) in [6.45, 7) is 29.7. The smallest absolute Gasteiger partial charge is 0.123 e. The van der Waals surface area contributed by atoms with Gasteiger partial charge in [0.1, 0.15) is 11.4 Å². The molecule has 0 atom stereocenters. The van der Waals surface area contributed by atoms with Gasteiger partial charge in [-0.1, -0.05) is 116 Å². The summed E-state index contributed by atoms with van der Waals surface area (Å²) in [4.78, 5) is 0. The van der Waals surface area contributed by atoms with Crippen LogP contribution in [0, 0.1) is 10.8 Å². The number of fused-ring (bicyclic) bond motifs is 1. The number of hydrogen-bond acceptors (Lipinski definition) is 2. The second kappa shape index (κ2) is 20.8. The van der Waals surface area contributed by atoms with Gasteiger partial charge in [0.15, 0.2) is 0 Å². The van der Waals surface area contributed by atoms with Crippen LogP contribution in [-0.4, -0.2) is 15.4 Å². The van der Waals surface area contributed by atoms with Crippen LogP contribution in [0.1, 0.15) is 117 Å². The summed E-state index contributed by atoms with van der Waals surface area (Å²) in [6, 6.07) is 10.1. The van der Waals surface area contributed by atoms with Gasteiger partial charge in [-0.2, -0.15) is 5.10 Å². The van der Waals surface area contributed by atoms with E-state index in [2.05, 4.69) is 86.5 Å². The highest BCUT2D eigenvalue weighted by atomic mass is 16.5. The molecule has 0 aliphatic carbocycles. The number of hydrogen-bond donors (Lipinski definition) is 0. The molecule has 3 rings (SSSR count). The van der Waals surface area contributed by atoms with Crippen LogP contribution in [0.15, 0.2) is 42.7 Å². The molecule has 0 N–H and O–H groups in total. The molecule has 0 radical (unpaired) electrons. The molecule has 1 aromatic carbocycles. The molecule has 0 saturated carbocycles. The Morgan fingerprint density at radius 1 is 0.788 bits per heavy atom. The van der Waals surface area contributed by atoms with E-state index in [9.17, 15) is 0 Å². The maximum atomic E-state index is 5.69. The van der Waals surface area contributed by atoms with E-state index in [1.807, 2.05) is 59.1 Å². The fraction of sp³-hybridized carbons (Fsp3) is 0.700. The quantitative estimate of drug-likeness (QED) is 0.386. The van der Waals surface area contributed by atoms with Crippen molar-refractivity contribution in [3.05, 3.63) is 48.3 Å². The average molecular weight is 467 g/mol. The van der Waals surface area contributed by atoms with Gasteiger partial charge in [-0.25, -0.2) is 0 Å². The number of para-hydroxylation sites is 1. The summed E-state index contributed by atoms with van der Waals surface area (Å²) in [5, 5.41) is 3.83. The summed E-state index contributed by atoms with van der Waals surface area (Å²) in [6.07, 6.45) is 4.67. The third kappa shape index (κ3) is 35.0. The highest BCUT2D eigenvalue weighted by Crippen LogP contribution is 2.33. The van der Waals surface area contributed by atoms with Gasteiger partial charge in [0.2, 0.25) is 0 Å². The third-order valence-electron chi connectivity index (χ3n) is 2.61. The highest BCUT2D eigenvalue weighted by molar-refractivity contribution is 5.38. The molecule has 198 valence electrons. The van der Waals surface area contributed by atoms with Crippen molar-refractivity contribution in [1.29, 1.82) is 0 Å². The Morgan fingerprint density at radius 2 is 1.18 bits per heavy atom. The van der Waals surface area contributed by atoms with Crippen LogP contribution in [0.3, 0.4) is 0 Å². The summed E-state index contributed by atoms with van der Waals surface area (Å²) >= 11 is 0. The molecule has 1 aromatic heterocycles. The maximum Gasteiger partial charge on any atom is 0.123 e. The van der Waals surface area contributed by atoms with Crippen LogP contribution in [0.4, 0.5) is 0 Å². The van der Waals surface area contributed by atoms with Gasteiger partial charge in [-0.3, -0.25) is 4.68 Å². The Bertz CT molecular complexity index is 579. The van der Waals surface area contributed by atoms with Crippen LogP contribution in [-0.2, 0) is 13.5 Å². The zero-order chi connectivity index (χ0) is 25.3. The van der Waals surface area contributed by atoms with Crippen LogP contribution in [0.2, 0.25) is 0 Å². The first-order valence-electron chi connectivity index (χ1n) is 11.8. The molecule has 33 heavy (non-hydrogen) atoms. The van der Waals surface area contributed by atoms with E-state index in [0.717, 1.165) is 12.2 Å². The van der Waals surface area contributed by atoms with Crippen molar-refractivity contribution in [2.24, 2.45) is 17.9 Å². The molecule has 1 aliphatic rings. The number of rotatable bonds is 0. The fourth-order valence-corrected chi connectivity index (χ4v) is 1.89. The molecule has 3 nitrogen and oxygen atoms in total. The predicted octanol–water partition coefficient (Wildman–Crippen LogP) is 10.2. The van der Waals surface area contributed by atoms with Crippen molar-refractivity contribution < 1.29 is 4.74 Å². The van der Waals surface area contributed by atoms with E-state index in [1.54, 1.807) is 10.9 Å². The first-order valence-corrected chi connectivity index (χ1v) is 11.8. The fourth-order valence-electron chi connectivity index (χ4n) is 1.89. The molecule has 0 unspecified atom stereocenters. The van der Waals surface area contributed by atoms with Crippen molar-refractivity contribution in [2.45, 2.75) is 124 Å². The molecular weight excluding hydrogens is 404 g/mol. The Hall–Kier alpha value is -1.77. The summed E-state index contributed by atoms with van der Waals surface area (Å²) in [5.41, 5.74) is 2.33. The van der Waals surface area contributed by atoms with Gasteiger partial charge >= 0.3 is 0 Å². The Labute approximate surface area is 210 Å². The first-order chi connectivity index (χ1) is 14.1. The van der Waals surface area contributed by atoms with Crippen molar-refractivity contribution >= 4 is 0 Å². The lowest BCUT2D eigenvalue weighted by molar-refractivity contribution is 0.138. The van der Waals surface area contributed by atoms with Crippen LogP contribution >= 0.6 is 0 Å². The number of ether oxygens (including phenoxy) is 1. The number of nitrogens with zero attached hydrogens (tertiary/aromatic N) is 2. The zero-order valence-electron chi connectivity index (χ0n) is 23.6. The molecule has 1 aliphatic heterocycles. The van der Waals surface area contributed by atoms with Crippen molar-refractivity contribution in [2.75, 3.05) is 0 Å². The molecule has 0 saturated heterocycles. The lowest BCUT2D eigenvalue weighted by atomic mass is 10.0. The molecule has 2 aromatic rings. The summed E-state index contributed by atoms with van der Waals surface area (Å²) < 4.78 is 7.44. The minimum Gasteiger partial charge on any atom is -0.487 e. The van der Waals surface area contributed by atoms with E-state index >= 15 is 0 Å². The minimum atomic E-state index is 0. The maximum absolute atomic E-state index is 5.69. The zero-order valence-corrected chi connectivity index (χ0v) is 23.6. The highest BCUT2D eigenvalue weighted by Gasteiger charge is 2.28. The lowest BCUT2D eigenvalue weighted by Gasteiger charge is -2.16. The van der Waals surface area contributed by atoms with Gasteiger partial charge in [0.25, 0.3) is 0 Å². The van der Waals surface area contributed by atoms with Gasteiger partial charge < -0.3 is 4.74 Å². The second-order valence-corrected chi connectivity index (χ2v) is 10.8. The Kier molecular flexibility index (Phi) is 26.2. The second-order valence-electron chi connectivity index (χ2n) is 10.8. The summed E-state index contributed by atoms with van der Waals surface area (Å²) in [7, 11) is 1.89. The molecule has 0 bridgehead atoms. The largest absolute Gasteiger partial charge is 0.487 e. The van der Waals surface area contributed by atoms with Gasteiger partial charge in [0, 0.05) is 25.9 Å². The van der Waals surface area contributed by atoms with Crippen LogP contribution in [0.5, 0.6) is 5.75 Å². The Morgan fingerprint density at radius 3 is 1.45 bits per heavy atom. The molecule has 0 spiro atoms. The molecule has 2 heterocycles. The molecule has 0 amide bonds. The van der Waals surface area contributed by atoms with E-state index in [0.29, 0.717) is 10.8 Å². The van der Waals surface area contributed by atoms with E-state index in [4.69, 9.17) is 4.74 Å². The van der Waals surface area contributed by atoms with E-state index < -0.39 is 0 Å². The summed E-state index contributed by atoms with van der Waals surface area (Å²) in [5.74, 6) is 1.05. The van der Waals surface area contributed by atoms with Crippen molar-refractivity contribution in [3.8, 4) is 5.75 Å². The third-order valence-corrected chi connectivity index (χ3v) is 2.61. The molecule has 3 heteroatoms. The minimum absolute atomic E-state index is 0. The van der Waals surface area contributed by atoms with Gasteiger partial charge in [0.05, 0.1) is 0 Å². The monoisotopic (exact) mass is 466 g/mol. The number of benzene rings is 1. The van der Waals surface area contributed by atoms with Crippen molar-refractivity contribution in [1.82, 2.24) is 9.78 Å². The number of aryl methyl sites for hydroxylation is 1. The number of aromatic nitrogens is 2. The first kappa shape index (κ1) is 41.5. The SMILES string of the molecule is C.C.CC.CC.CC(C)(C)C.CC(C)(C)C.CC1(C)Cc2ccccc2O1.Cn1cccn1. The van der Waals surface area contributed by atoms with Gasteiger partial charge in [-0.15, -0.1) is 0 Å². The van der Waals surface area contributed by atoms with Gasteiger partial charge in [-0.05, 0) is 42.4 Å². The van der Waals surface area contributed by atoms with Crippen LogP contribution in [0.25, 0.3) is 0 Å².